The van der Waals surface area contributed by atoms with Crippen LogP contribution in [0.25, 0.3) is 11.1 Å². The Labute approximate surface area is 134 Å². The van der Waals surface area contributed by atoms with Crippen LogP contribution in [0.2, 0.25) is 0 Å². The van der Waals surface area contributed by atoms with Crippen molar-refractivity contribution >= 4 is 5.78 Å². The van der Waals surface area contributed by atoms with Gasteiger partial charge in [0.05, 0.1) is 0 Å². The number of carbonyl (C=O) groups is 1. The molecule has 0 atom stereocenters. The minimum Gasteiger partial charge on any atom is -0.468 e. The van der Waals surface area contributed by atoms with Crippen molar-refractivity contribution in [3.05, 3.63) is 90.0 Å². The summed E-state index contributed by atoms with van der Waals surface area (Å²) in [5.41, 5.74) is 3.13. The standard InChI is InChI=1S/C20H16O3/c21-14-23-17-12-10-15(11-13-17)18-8-4-5-9-19(18)20(22)16-6-2-1-3-7-16/h1-13,21H,14H2. The minimum atomic E-state index is -0.359. The number of hydrogen-bond acceptors (Lipinski definition) is 3. The van der Waals surface area contributed by atoms with E-state index in [0.717, 1.165) is 11.1 Å². The summed E-state index contributed by atoms with van der Waals surface area (Å²) in [5.74, 6) is 0.583. The summed E-state index contributed by atoms with van der Waals surface area (Å²) < 4.78 is 5.03. The number of carbonyl (C=O) groups excluding carboxylic acids is 1. The molecule has 0 saturated carbocycles. The van der Waals surface area contributed by atoms with E-state index in [1.54, 1.807) is 12.1 Å². The van der Waals surface area contributed by atoms with Gasteiger partial charge in [0.1, 0.15) is 5.75 Å². The Hall–Kier alpha value is -2.91. The van der Waals surface area contributed by atoms with Gasteiger partial charge in [-0.3, -0.25) is 4.79 Å². The van der Waals surface area contributed by atoms with E-state index in [4.69, 9.17) is 9.84 Å². The topological polar surface area (TPSA) is 46.5 Å². The first-order chi connectivity index (χ1) is 11.3. The Morgan fingerprint density at radius 1 is 0.826 bits per heavy atom. The molecule has 0 spiro atoms. The molecule has 114 valence electrons. The predicted molar refractivity (Wildman–Crippen MR) is 89.5 cm³/mol. The van der Waals surface area contributed by atoms with Crippen molar-refractivity contribution in [1.82, 2.24) is 0 Å². The number of benzene rings is 3. The van der Waals surface area contributed by atoms with Crippen molar-refractivity contribution in [2.24, 2.45) is 0 Å². The molecule has 1 N–H and O–H groups in total. The van der Waals surface area contributed by atoms with E-state index in [9.17, 15) is 4.79 Å². The van der Waals surface area contributed by atoms with Gasteiger partial charge >= 0.3 is 0 Å². The van der Waals surface area contributed by atoms with Gasteiger partial charge in [0, 0.05) is 11.1 Å². The molecule has 0 radical (unpaired) electrons. The molecule has 0 aliphatic heterocycles. The van der Waals surface area contributed by atoms with Crippen LogP contribution in [0.3, 0.4) is 0 Å². The SMILES string of the molecule is O=C(c1ccccc1)c1ccccc1-c1ccc(OCO)cc1. The summed E-state index contributed by atoms with van der Waals surface area (Å²) in [6.07, 6.45) is 0. The second kappa shape index (κ2) is 6.90. The lowest BCUT2D eigenvalue weighted by Crippen LogP contribution is -2.03. The minimum absolute atomic E-state index is 0.00288. The normalized spacial score (nSPS) is 10.3. The fourth-order valence-electron chi connectivity index (χ4n) is 2.48. The number of rotatable bonds is 5. The molecule has 0 amide bonds. The lowest BCUT2D eigenvalue weighted by molar-refractivity contribution is 0.0985. The average Bonchev–Trinajstić information content (AvgIpc) is 2.63. The van der Waals surface area contributed by atoms with Gasteiger partial charge in [-0.05, 0) is 23.3 Å². The van der Waals surface area contributed by atoms with Crippen molar-refractivity contribution in [1.29, 1.82) is 0 Å². The summed E-state index contributed by atoms with van der Waals surface area (Å²) in [4.78, 5) is 12.8. The highest BCUT2D eigenvalue weighted by Gasteiger charge is 2.14. The molecular weight excluding hydrogens is 288 g/mol. The third-order valence-electron chi connectivity index (χ3n) is 3.60. The third kappa shape index (κ3) is 3.30. The van der Waals surface area contributed by atoms with E-state index in [1.165, 1.54) is 0 Å². The monoisotopic (exact) mass is 304 g/mol. The number of aliphatic hydroxyl groups excluding tert-OH is 1. The molecule has 0 aliphatic carbocycles. The lowest BCUT2D eigenvalue weighted by Gasteiger charge is -2.10. The largest absolute Gasteiger partial charge is 0.468 e. The van der Waals surface area contributed by atoms with Crippen molar-refractivity contribution in [3.63, 3.8) is 0 Å². The maximum absolute atomic E-state index is 12.8. The van der Waals surface area contributed by atoms with Gasteiger partial charge in [-0.1, -0.05) is 66.7 Å². The number of hydrogen-bond donors (Lipinski definition) is 1. The molecular formula is C20H16O3. The van der Waals surface area contributed by atoms with Crippen LogP contribution in [-0.4, -0.2) is 17.7 Å². The highest BCUT2D eigenvalue weighted by Crippen LogP contribution is 2.27. The Morgan fingerprint density at radius 2 is 1.48 bits per heavy atom. The highest BCUT2D eigenvalue weighted by molar-refractivity contribution is 6.12. The van der Waals surface area contributed by atoms with Gasteiger partial charge in [-0.2, -0.15) is 0 Å². The zero-order valence-corrected chi connectivity index (χ0v) is 12.5. The van der Waals surface area contributed by atoms with Crippen LogP contribution in [0.5, 0.6) is 5.75 Å². The molecule has 3 aromatic rings. The van der Waals surface area contributed by atoms with Crippen LogP contribution in [0.1, 0.15) is 15.9 Å². The summed E-state index contributed by atoms with van der Waals surface area (Å²) in [6, 6.07) is 24.1. The van der Waals surface area contributed by atoms with E-state index < -0.39 is 0 Å². The van der Waals surface area contributed by atoms with Crippen LogP contribution < -0.4 is 4.74 Å². The van der Waals surface area contributed by atoms with Gasteiger partial charge in [0.2, 0.25) is 0 Å². The van der Waals surface area contributed by atoms with Crippen molar-refractivity contribution in [3.8, 4) is 16.9 Å². The fraction of sp³-hybridized carbons (Fsp3) is 0.0500. The molecule has 3 nitrogen and oxygen atoms in total. The maximum atomic E-state index is 12.8. The van der Waals surface area contributed by atoms with Crippen LogP contribution in [0.15, 0.2) is 78.9 Å². The fourth-order valence-corrected chi connectivity index (χ4v) is 2.48. The third-order valence-corrected chi connectivity index (χ3v) is 3.60. The molecule has 0 heterocycles. The Balaban J connectivity index is 1.99. The van der Waals surface area contributed by atoms with Crippen LogP contribution >= 0.6 is 0 Å². The average molecular weight is 304 g/mol. The summed E-state index contributed by atoms with van der Waals surface area (Å²) in [7, 11) is 0. The van der Waals surface area contributed by atoms with Gasteiger partial charge in [-0.25, -0.2) is 0 Å². The smallest absolute Gasteiger partial charge is 0.193 e. The van der Waals surface area contributed by atoms with E-state index in [2.05, 4.69) is 0 Å². The number of ether oxygens (including phenoxy) is 1. The maximum Gasteiger partial charge on any atom is 0.193 e. The molecule has 23 heavy (non-hydrogen) atoms. The summed E-state index contributed by atoms with van der Waals surface area (Å²) in [5, 5.41) is 8.78. The Bertz CT molecular complexity index is 793. The molecule has 0 aliphatic rings. The van der Waals surface area contributed by atoms with Crippen molar-refractivity contribution < 1.29 is 14.6 Å². The molecule has 3 rings (SSSR count). The van der Waals surface area contributed by atoms with Gasteiger partial charge in [0.25, 0.3) is 0 Å². The number of ketones is 1. The molecule has 0 bridgehead atoms. The zero-order chi connectivity index (χ0) is 16.1. The van der Waals surface area contributed by atoms with Gasteiger partial charge < -0.3 is 9.84 Å². The first-order valence-electron chi connectivity index (χ1n) is 7.32. The van der Waals surface area contributed by atoms with E-state index in [-0.39, 0.29) is 12.6 Å². The molecule has 0 saturated heterocycles. The quantitative estimate of drug-likeness (QED) is 0.574. The first kappa shape index (κ1) is 15.0. The molecule has 0 unspecified atom stereocenters. The summed E-state index contributed by atoms with van der Waals surface area (Å²) in [6.45, 7) is -0.359. The van der Waals surface area contributed by atoms with Gasteiger partial charge in [0.15, 0.2) is 12.6 Å². The van der Waals surface area contributed by atoms with E-state index in [1.807, 2.05) is 66.7 Å². The predicted octanol–water partition coefficient (Wildman–Crippen LogP) is 3.91. The van der Waals surface area contributed by atoms with Crippen LogP contribution in [0, 0.1) is 0 Å². The second-order valence-corrected chi connectivity index (χ2v) is 5.04. The lowest BCUT2D eigenvalue weighted by atomic mass is 9.94. The van der Waals surface area contributed by atoms with Gasteiger partial charge in [-0.15, -0.1) is 0 Å². The number of aliphatic hydroxyl groups is 1. The van der Waals surface area contributed by atoms with E-state index in [0.29, 0.717) is 16.9 Å². The molecule has 0 fully saturated rings. The van der Waals surface area contributed by atoms with E-state index >= 15 is 0 Å². The highest BCUT2D eigenvalue weighted by atomic mass is 16.6. The molecule has 0 aromatic heterocycles. The first-order valence-corrected chi connectivity index (χ1v) is 7.32. The molecule has 3 heteroatoms. The zero-order valence-electron chi connectivity index (χ0n) is 12.5. The second-order valence-electron chi connectivity index (χ2n) is 5.04. The van der Waals surface area contributed by atoms with Crippen LogP contribution in [0.4, 0.5) is 0 Å². The van der Waals surface area contributed by atoms with Crippen molar-refractivity contribution in [2.75, 3.05) is 6.79 Å². The van der Waals surface area contributed by atoms with Crippen molar-refractivity contribution in [2.45, 2.75) is 0 Å². The Morgan fingerprint density at radius 3 is 2.17 bits per heavy atom. The molecule has 3 aromatic carbocycles. The Kier molecular flexibility index (Phi) is 4.50. The summed E-state index contributed by atoms with van der Waals surface area (Å²) >= 11 is 0. The van der Waals surface area contributed by atoms with Crippen LogP contribution in [-0.2, 0) is 0 Å².